The predicted molar refractivity (Wildman–Crippen MR) is 122 cm³/mol. The summed E-state index contributed by atoms with van der Waals surface area (Å²) >= 11 is 0. The molecule has 2 atom stereocenters. The standard InChI is InChI=1S/C24H29N3O6/c1-14(2)11-20(22(29)16-9-10-17(19(25)12-16)24(31)33-3)26-23(30)18(13-21(28)27-32)15-7-5-4-6-8-15/h4-10,12,14,18,20,32H,11,13,25H2,1-3H3,(H,26,30)(H,27,28). The molecule has 0 aliphatic rings. The summed E-state index contributed by atoms with van der Waals surface area (Å²) in [6.45, 7) is 3.82. The lowest BCUT2D eigenvalue weighted by Crippen LogP contribution is -2.44. The maximum absolute atomic E-state index is 13.3. The minimum atomic E-state index is -0.910. The van der Waals surface area contributed by atoms with Crippen LogP contribution in [0.2, 0.25) is 0 Å². The summed E-state index contributed by atoms with van der Waals surface area (Å²) in [6.07, 6.45) is 0.0483. The third kappa shape index (κ3) is 6.88. The van der Waals surface area contributed by atoms with E-state index in [4.69, 9.17) is 10.9 Å². The van der Waals surface area contributed by atoms with Crippen molar-refractivity contribution in [2.45, 2.75) is 38.6 Å². The van der Waals surface area contributed by atoms with Crippen molar-refractivity contribution in [3.63, 3.8) is 0 Å². The summed E-state index contributed by atoms with van der Waals surface area (Å²) in [4.78, 5) is 50.0. The van der Waals surface area contributed by atoms with Crippen LogP contribution in [-0.4, -0.2) is 41.9 Å². The molecular formula is C24H29N3O6. The maximum Gasteiger partial charge on any atom is 0.339 e. The molecule has 0 aliphatic heterocycles. The maximum atomic E-state index is 13.3. The zero-order valence-electron chi connectivity index (χ0n) is 18.8. The molecule has 0 saturated heterocycles. The van der Waals surface area contributed by atoms with E-state index in [9.17, 15) is 19.2 Å². The smallest absolute Gasteiger partial charge is 0.339 e. The first-order valence-corrected chi connectivity index (χ1v) is 10.5. The molecule has 0 heterocycles. The van der Waals surface area contributed by atoms with Gasteiger partial charge in [-0.2, -0.15) is 0 Å². The number of hydrogen-bond donors (Lipinski definition) is 4. The highest BCUT2D eigenvalue weighted by atomic mass is 16.5. The third-order valence-electron chi connectivity index (χ3n) is 5.11. The number of hydroxylamine groups is 1. The summed E-state index contributed by atoms with van der Waals surface area (Å²) in [7, 11) is 1.23. The van der Waals surface area contributed by atoms with Gasteiger partial charge in [0.15, 0.2) is 5.78 Å². The zero-order chi connectivity index (χ0) is 24.5. The van der Waals surface area contributed by atoms with E-state index in [-0.39, 0.29) is 34.9 Å². The average Bonchev–Trinajstić information content (AvgIpc) is 2.80. The van der Waals surface area contributed by atoms with Crippen LogP contribution in [0, 0.1) is 5.92 Å². The first kappa shape index (κ1) is 25.5. The van der Waals surface area contributed by atoms with E-state index in [1.165, 1.54) is 25.3 Å². The lowest BCUT2D eigenvalue weighted by atomic mass is 9.91. The lowest BCUT2D eigenvalue weighted by molar-refractivity contribution is -0.133. The summed E-state index contributed by atoms with van der Waals surface area (Å²) in [6, 6.07) is 12.0. The van der Waals surface area contributed by atoms with Crippen LogP contribution in [0.25, 0.3) is 0 Å². The second-order valence-corrected chi connectivity index (χ2v) is 8.05. The number of rotatable bonds is 10. The van der Waals surface area contributed by atoms with Crippen molar-refractivity contribution in [2.24, 2.45) is 5.92 Å². The second kappa shape index (κ2) is 11.8. The van der Waals surface area contributed by atoms with E-state index in [2.05, 4.69) is 10.1 Å². The summed E-state index contributed by atoms with van der Waals surface area (Å²) in [5.41, 5.74) is 8.49. The number of amides is 2. The fourth-order valence-electron chi connectivity index (χ4n) is 3.47. The Labute approximate surface area is 192 Å². The fourth-order valence-corrected chi connectivity index (χ4v) is 3.47. The van der Waals surface area contributed by atoms with Gasteiger partial charge in [-0.25, -0.2) is 10.3 Å². The monoisotopic (exact) mass is 455 g/mol. The molecule has 176 valence electrons. The Bertz CT molecular complexity index is 1010. The number of Topliss-reactive ketones (excluding diaryl/α,β-unsaturated/α-hetero) is 1. The van der Waals surface area contributed by atoms with Gasteiger partial charge in [-0.1, -0.05) is 50.2 Å². The van der Waals surface area contributed by atoms with Gasteiger partial charge in [0.05, 0.1) is 24.6 Å². The number of methoxy groups -OCH3 is 1. The van der Waals surface area contributed by atoms with Crippen molar-refractivity contribution in [3.05, 3.63) is 65.2 Å². The Morgan fingerprint density at radius 1 is 1.06 bits per heavy atom. The van der Waals surface area contributed by atoms with Crippen LogP contribution >= 0.6 is 0 Å². The Morgan fingerprint density at radius 2 is 1.73 bits per heavy atom. The van der Waals surface area contributed by atoms with E-state index in [1.807, 2.05) is 13.8 Å². The normalized spacial score (nSPS) is 12.5. The van der Waals surface area contributed by atoms with Crippen molar-refractivity contribution in [1.82, 2.24) is 10.8 Å². The largest absolute Gasteiger partial charge is 0.465 e. The van der Waals surface area contributed by atoms with E-state index < -0.39 is 29.7 Å². The van der Waals surface area contributed by atoms with Crippen LogP contribution in [0.15, 0.2) is 48.5 Å². The molecule has 0 saturated carbocycles. The van der Waals surface area contributed by atoms with Crippen LogP contribution in [0.1, 0.15) is 58.9 Å². The number of ether oxygens (including phenoxy) is 1. The number of nitrogens with two attached hydrogens (primary N) is 1. The van der Waals surface area contributed by atoms with E-state index in [0.717, 1.165) is 0 Å². The van der Waals surface area contributed by atoms with Gasteiger partial charge >= 0.3 is 5.97 Å². The third-order valence-corrected chi connectivity index (χ3v) is 5.11. The number of nitrogen functional groups attached to an aromatic ring is 1. The van der Waals surface area contributed by atoms with Crippen molar-refractivity contribution in [3.8, 4) is 0 Å². The molecule has 0 aromatic heterocycles. The number of esters is 1. The molecule has 0 aliphatic carbocycles. The van der Waals surface area contributed by atoms with Gasteiger partial charge in [-0.3, -0.25) is 19.6 Å². The molecule has 33 heavy (non-hydrogen) atoms. The van der Waals surface area contributed by atoms with Gasteiger partial charge in [-0.15, -0.1) is 0 Å². The molecule has 0 radical (unpaired) electrons. The molecular weight excluding hydrogens is 426 g/mol. The van der Waals surface area contributed by atoms with Gasteiger partial charge in [0.1, 0.15) is 0 Å². The molecule has 5 N–H and O–H groups in total. The molecule has 2 aromatic rings. The molecule has 0 spiro atoms. The first-order chi connectivity index (χ1) is 15.7. The predicted octanol–water partition coefficient (Wildman–Crippen LogP) is 2.45. The molecule has 0 bridgehead atoms. The number of nitrogens with one attached hydrogen (secondary N) is 2. The second-order valence-electron chi connectivity index (χ2n) is 8.05. The molecule has 2 rings (SSSR count). The van der Waals surface area contributed by atoms with Crippen molar-refractivity contribution in [2.75, 3.05) is 12.8 Å². The summed E-state index contributed by atoms with van der Waals surface area (Å²) < 4.78 is 4.67. The van der Waals surface area contributed by atoms with Crippen LogP contribution in [0.3, 0.4) is 0 Å². The Hall–Kier alpha value is -3.72. The van der Waals surface area contributed by atoms with Crippen LogP contribution in [0.4, 0.5) is 5.69 Å². The molecule has 9 heteroatoms. The van der Waals surface area contributed by atoms with Crippen LogP contribution < -0.4 is 16.5 Å². The van der Waals surface area contributed by atoms with Crippen LogP contribution in [-0.2, 0) is 14.3 Å². The van der Waals surface area contributed by atoms with Gasteiger partial charge in [0.25, 0.3) is 0 Å². The van der Waals surface area contributed by atoms with Crippen molar-refractivity contribution < 1.29 is 29.1 Å². The van der Waals surface area contributed by atoms with Gasteiger partial charge in [0.2, 0.25) is 11.8 Å². The lowest BCUT2D eigenvalue weighted by Gasteiger charge is -2.23. The molecule has 2 unspecified atom stereocenters. The molecule has 0 fully saturated rings. The number of ketones is 1. The zero-order valence-corrected chi connectivity index (χ0v) is 18.8. The molecule has 9 nitrogen and oxygen atoms in total. The van der Waals surface area contributed by atoms with E-state index in [1.54, 1.807) is 35.8 Å². The summed E-state index contributed by atoms with van der Waals surface area (Å²) in [5, 5.41) is 11.7. The van der Waals surface area contributed by atoms with Gasteiger partial charge in [-0.05, 0) is 30.0 Å². The van der Waals surface area contributed by atoms with E-state index in [0.29, 0.717) is 12.0 Å². The average molecular weight is 456 g/mol. The fraction of sp³-hybridized carbons (Fsp3) is 0.333. The number of carbonyl (C=O) groups is 4. The van der Waals surface area contributed by atoms with Crippen molar-refractivity contribution in [1.29, 1.82) is 0 Å². The number of anilines is 1. The molecule has 2 aromatic carbocycles. The van der Waals surface area contributed by atoms with E-state index >= 15 is 0 Å². The Morgan fingerprint density at radius 3 is 2.27 bits per heavy atom. The number of carbonyl (C=O) groups excluding carboxylic acids is 4. The highest BCUT2D eigenvalue weighted by molar-refractivity contribution is 6.05. The topological polar surface area (TPSA) is 148 Å². The highest BCUT2D eigenvalue weighted by Crippen LogP contribution is 2.22. The minimum Gasteiger partial charge on any atom is -0.465 e. The number of benzene rings is 2. The summed E-state index contributed by atoms with van der Waals surface area (Å²) in [5.74, 6) is -3.08. The number of hydrogen-bond acceptors (Lipinski definition) is 7. The van der Waals surface area contributed by atoms with Gasteiger partial charge in [0, 0.05) is 17.7 Å². The van der Waals surface area contributed by atoms with Crippen LogP contribution in [0.5, 0.6) is 0 Å². The minimum absolute atomic E-state index is 0.0712. The van der Waals surface area contributed by atoms with Gasteiger partial charge < -0.3 is 15.8 Å². The molecule has 2 amide bonds. The SMILES string of the molecule is COC(=O)c1ccc(C(=O)C(CC(C)C)NC(=O)C(CC(=O)NO)c2ccccc2)cc1N. The highest BCUT2D eigenvalue weighted by Gasteiger charge is 2.29. The van der Waals surface area contributed by atoms with Crippen molar-refractivity contribution >= 4 is 29.3 Å². The Balaban J connectivity index is 2.32. The quantitative estimate of drug-likeness (QED) is 0.141. The first-order valence-electron chi connectivity index (χ1n) is 10.5. The Kier molecular flexibility index (Phi) is 9.11.